The maximum atomic E-state index is 13.0. The molecule has 31 heavy (non-hydrogen) atoms. The first-order valence-electron chi connectivity index (χ1n) is 9.91. The van der Waals surface area contributed by atoms with Crippen LogP contribution in [0.25, 0.3) is 0 Å². The van der Waals surface area contributed by atoms with E-state index >= 15 is 0 Å². The first kappa shape index (κ1) is 20.4. The Balaban J connectivity index is 1.35. The van der Waals surface area contributed by atoms with E-state index in [1.807, 2.05) is 24.3 Å². The topological polar surface area (TPSA) is 24.7 Å². The van der Waals surface area contributed by atoms with Crippen molar-refractivity contribution in [1.29, 1.82) is 0 Å². The fraction of sp³-hybridized carbons (Fsp3) is 0.0370. The zero-order valence-corrected chi connectivity index (χ0v) is 16.7. The molecule has 0 saturated heterocycles. The number of benzene rings is 4. The van der Waals surface area contributed by atoms with E-state index in [-0.39, 0.29) is 11.6 Å². The molecule has 0 unspecified atom stereocenters. The summed E-state index contributed by atoms with van der Waals surface area (Å²) in [5, 5.41) is 0. The summed E-state index contributed by atoms with van der Waals surface area (Å²) in [5.41, 5.74) is 5.77. The van der Waals surface area contributed by atoms with E-state index in [9.17, 15) is 8.78 Å². The van der Waals surface area contributed by atoms with Gasteiger partial charge >= 0.3 is 0 Å². The first-order chi connectivity index (χ1) is 15.1. The quantitative estimate of drug-likeness (QED) is 0.304. The van der Waals surface area contributed by atoms with Crippen molar-refractivity contribution in [2.75, 3.05) is 0 Å². The van der Waals surface area contributed by atoms with Crippen LogP contribution in [0, 0.1) is 11.6 Å². The third-order valence-corrected chi connectivity index (χ3v) is 4.75. The molecule has 0 fully saturated rings. The van der Waals surface area contributed by atoms with E-state index in [1.165, 1.54) is 35.4 Å². The van der Waals surface area contributed by atoms with Crippen molar-refractivity contribution in [1.82, 2.24) is 0 Å². The summed E-state index contributed by atoms with van der Waals surface area (Å²) in [4.78, 5) is 8.86. The van der Waals surface area contributed by atoms with Crippen LogP contribution in [0.15, 0.2) is 107 Å². The predicted octanol–water partition coefficient (Wildman–Crippen LogP) is 7.06. The molecule has 2 nitrogen and oxygen atoms in total. The smallest absolute Gasteiger partial charge is 0.123 e. The molecule has 152 valence electrons. The van der Waals surface area contributed by atoms with E-state index in [0.717, 1.165) is 28.9 Å². The summed E-state index contributed by atoms with van der Waals surface area (Å²) < 4.78 is 25.9. The minimum Gasteiger partial charge on any atom is -0.256 e. The van der Waals surface area contributed by atoms with E-state index in [1.54, 1.807) is 36.7 Å². The number of rotatable bonds is 6. The second-order valence-corrected chi connectivity index (χ2v) is 7.13. The fourth-order valence-electron chi connectivity index (χ4n) is 3.03. The molecule has 0 radical (unpaired) electrons. The van der Waals surface area contributed by atoms with Gasteiger partial charge in [-0.05, 0) is 77.2 Å². The molecule has 0 spiro atoms. The van der Waals surface area contributed by atoms with E-state index in [0.29, 0.717) is 0 Å². The van der Waals surface area contributed by atoms with Crippen LogP contribution in [0.4, 0.5) is 20.2 Å². The molecule has 4 aromatic rings. The van der Waals surface area contributed by atoms with Crippen LogP contribution in [0.5, 0.6) is 0 Å². The Morgan fingerprint density at radius 3 is 1.19 bits per heavy atom. The number of nitrogens with zero attached hydrogens (tertiary/aromatic N) is 2. The van der Waals surface area contributed by atoms with Crippen LogP contribution in [0.3, 0.4) is 0 Å². The summed E-state index contributed by atoms with van der Waals surface area (Å²) in [6, 6.07) is 28.6. The number of hydrogen-bond acceptors (Lipinski definition) is 2. The van der Waals surface area contributed by atoms with Crippen LogP contribution < -0.4 is 0 Å². The third-order valence-electron chi connectivity index (χ3n) is 4.75. The van der Waals surface area contributed by atoms with E-state index in [2.05, 4.69) is 34.3 Å². The molecule has 4 rings (SSSR count). The number of halogens is 2. The van der Waals surface area contributed by atoms with Gasteiger partial charge in [0.15, 0.2) is 0 Å². The highest BCUT2D eigenvalue weighted by atomic mass is 19.1. The van der Waals surface area contributed by atoms with Gasteiger partial charge in [0.1, 0.15) is 11.6 Å². The molecule has 0 atom stereocenters. The Morgan fingerprint density at radius 1 is 0.484 bits per heavy atom. The lowest BCUT2D eigenvalue weighted by atomic mass is 10.0. The average Bonchev–Trinajstić information content (AvgIpc) is 2.80. The van der Waals surface area contributed by atoms with Gasteiger partial charge in [0.25, 0.3) is 0 Å². The highest BCUT2D eigenvalue weighted by Crippen LogP contribution is 2.19. The summed E-state index contributed by atoms with van der Waals surface area (Å²) in [5.74, 6) is -0.511. The van der Waals surface area contributed by atoms with Gasteiger partial charge in [-0.25, -0.2) is 8.78 Å². The third kappa shape index (κ3) is 6.03. The maximum Gasteiger partial charge on any atom is 0.123 e. The van der Waals surface area contributed by atoms with Crippen molar-refractivity contribution >= 4 is 23.8 Å². The lowest BCUT2D eigenvalue weighted by Crippen LogP contribution is -1.87. The maximum absolute atomic E-state index is 13.0. The van der Waals surface area contributed by atoms with Gasteiger partial charge in [0.05, 0.1) is 11.4 Å². The van der Waals surface area contributed by atoms with E-state index in [4.69, 9.17) is 0 Å². The molecule has 4 heteroatoms. The number of aliphatic imine (C=N–C) groups is 2. The van der Waals surface area contributed by atoms with Crippen LogP contribution in [0.2, 0.25) is 0 Å². The molecule has 4 aromatic carbocycles. The van der Waals surface area contributed by atoms with Gasteiger partial charge in [-0.1, -0.05) is 48.5 Å². The van der Waals surface area contributed by atoms with Gasteiger partial charge in [0.2, 0.25) is 0 Å². The molecular weight excluding hydrogens is 390 g/mol. The van der Waals surface area contributed by atoms with Gasteiger partial charge in [-0.2, -0.15) is 0 Å². The predicted molar refractivity (Wildman–Crippen MR) is 123 cm³/mol. The molecule has 0 amide bonds. The van der Waals surface area contributed by atoms with Crippen molar-refractivity contribution in [2.45, 2.75) is 6.42 Å². The minimum absolute atomic E-state index is 0.255. The highest BCUT2D eigenvalue weighted by Gasteiger charge is 1.98. The fourth-order valence-corrected chi connectivity index (χ4v) is 3.03. The molecule has 0 N–H and O–H groups in total. The minimum atomic E-state index is -0.255. The molecule has 0 heterocycles. The Hall–Kier alpha value is -3.92. The zero-order chi connectivity index (χ0) is 21.5. The van der Waals surface area contributed by atoms with Crippen LogP contribution in [0.1, 0.15) is 22.3 Å². The zero-order valence-electron chi connectivity index (χ0n) is 16.7. The first-order valence-corrected chi connectivity index (χ1v) is 9.91. The SMILES string of the molecule is Fc1ccc(C=Nc2ccc(Cc3ccc(N=Cc4ccc(F)cc4)cc3)cc2)cc1. The Labute approximate surface area is 180 Å². The van der Waals surface area contributed by atoms with E-state index < -0.39 is 0 Å². The lowest BCUT2D eigenvalue weighted by molar-refractivity contribution is 0.627. The van der Waals surface area contributed by atoms with Crippen molar-refractivity contribution in [3.63, 3.8) is 0 Å². The van der Waals surface area contributed by atoms with Crippen molar-refractivity contribution in [3.8, 4) is 0 Å². The van der Waals surface area contributed by atoms with Gasteiger partial charge in [-0.3, -0.25) is 9.98 Å². The Bertz CT molecular complexity index is 1080. The Kier molecular flexibility index (Phi) is 6.38. The van der Waals surface area contributed by atoms with Crippen LogP contribution >= 0.6 is 0 Å². The molecule has 0 bridgehead atoms. The van der Waals surface area contributed by atoms with Crippen molar-refractivity contribution in [3.05, 3.63) is 131 Å². The van der Waals surface area contributed by atoms with Crippen LogP contribution in [-0.2, 0) is 6.42 Å². The lowest BCUT2D eigenvalue weighted by Gasteiger charge is -2.03. The van der Waals surface area contributed by atoms with Gasteiger partial charge < -0.3 is 0 Å². The molecule has 0 aromatic heterocycles. The molecular formula is C27H20F2N2. The van der Waals surface area contributed by atoms with Gasteiger partial charge in [-0.15, -0.1) is 0 Å². The second kappa shape index (κ2) is 9.72. The normalized spacial score (nSPS) is 11.4. The Morgan fingerprint density at radius 2 is 0.839 bits per heavy atom. The molecule has 0 saturated carbocycles. The summed E-state index contributed by atoms with van der Waals surface area (Å²) in [6.07, 6.45) is 4.25. The van der Waals surface area contributed by atoms with Crippen LogP contribution in [-0.4, -0.2) is 12.4 Å². The summed E-state index contributed by atoms with van der Waals surface area (Å²) >= 11 is 0. The molecule has 0 aliphatic carbocycles. The monoisotopic (exact) mass is 410 g/mol. The highest BCUT2D eigenvalue weighted by molar-refractivity contribution is 5.82. The molecule has 0 aliphatic heterocycles. The molecule has 0 aliphatic rings. The summed E-state index contributed by atoms with van der Waals surface area (Å²) in [6.45, 7) is 0. The largest absolute Gasteiger partial charge is 0.256 e. The summed E-state index contributed by atoms with van der Waals surface area (Å²) in [7, 11) is 0. The number of hydrogen-bond donors (Lipinski definition) is 0. The standard InChI is InChI=1S/C27H20F2N2/c28-24-9-1-22(2-10-24)18-30-26-13-5-20(6-14-26)17-21-7-15-27(16-8-21)31-19-23-3-11-25(29)12-4-23/h1-16,18-19H,17H2. The van der Waals surface area contributed by atoms with Crippen molar-refractivity contribution < 1.29 is 8.78 Å². The van der Waals surface area contributed by atoms with Crippen molar-refractivity contribution in [2.24, 2.45) is 9.98 Å². The van der Waals surface area contributed by atoms with Gasteiger partial charge in [0, 0.05) is 12.4 Å². The second-order valence-electron chi connectivity index (χ2n) is 7.13. The average molecular weight is 410 g/mol.